The van der Waals surface area contributed by atoms with E-state index in [1.807, 2.05) is 13.8 Å². The fraction of sp³-hybridized carbons (Fsp3) is 1.00. The van der Waals surface area contributed by atoms with Gasteiger partial charge in [-0.15, -0.1) is 11.6 Å². The quantitative estimate of drug-likeness (QED) is 0.739. The molecule has 0 aromatic rings. The summed E-state index contributed by atoms with van der Waals surface area (Å²) in [5.74, 6) is 1.08. The highest BCUT2D eigenvalue weighted by atomic mass is 35.5. The minimum atomic E-state index is -3.37. The van der Waals surface area contributed by atoms with Crippen molar-refractivity contribution in [3.63, 3.8) is 0 Å². The molecule has 20 heavy (non-hydrogen) atoms. The Kier molecular flexibility index (Phi) is 5.71. The first-order valence-electron chi connectivity index (χ1n) is 7.43. The van der Waals surface area contributed by atoms with Crippen molar-refractivity contribution in [2.45, 2.75) is 45.3 Å². The van der Waals surface area contributed by atoms with Crippen LogP contribution in [0.3, 0.4) is 0 Å². The second-order valence-corrected chi connectivity index (χ2v) is 7.97. The lowest BCUT2D eigenvalue weighted by Gasteiger charge is -2.41. The molecule has 0 radical (unpaired) electrons. The molecule has 118 valence electrons. The first-order chi connectivity index (χ1) is 9.48. The number of ether oxygens (including phenoxy) is 1. The number of hydrogen-bond donors (Lipinski definition) is 0. The Bertz CT molecular complexity index is 410. The average Bonchev–Trinajstić information content (AvgIpc) is 2.47. The molecule has 0 aliphatic carbocycles. The van der Waals surface area contributed by atoms with Gasteiger partial charge in [0.15, 0.2) is 0 Å². The number of nitrogens with zero attached hydrogens (tertiary/aromatic N) is 2. The largest absolute Gasteiger partial charge is 0.375 e. The summed E-state index contributed by atoms with van der Waals surface area (Å²) in [5.41, 5.74) is 0. The third-order valence-electron chi connectivity index (χ3n) is 4.30. The summed E-state index contributed by atoms with van der Waals surface area (Å²) in [5, 5.41) is 0. The molecule has 2 aliphatic rings. The maximum Gasteiger partial charge on any atom is 0.282 e. The molecular formula is C13H25ClN2O3S. The van der Waals surface area contributed by atoms with Crippen LogP contribution < -0.4 is 0 Å². The molecule has 2 fully saturated rings. The Hall–Kier alpha value is 0.120. The Balaban J connectivity index is 2.08. The Morgan fingerprint density at radius 1 is 1.30 bits per heavy atom. The van der Waals surface area contributed by atoms with Crippen molar-refractivity contribution in [2.24, 2.45) is 5.92 Å². The lowest BCUT2D eigenvalue weighted by molar-refractivity contribution is -0.0253. The number of rotatable bonds is 4. The molecule has 0 bridgehead atoms. The van der Waals surface area contributed by atoms with Crippen LogP contribution in [0.5, 0.6) is 0 Å². The standard InChI is InChI=1S/C13H25ClN2O3S/c1-3-13-10-19-11(2)9-16(13)20(17,18)15-6-4-12(8-14)5-7-15/h11-13H,3-10H2,1-2H3. The molecule has 0 saturated carbocycles. The van der Waals surface area contributed by atoms with Crippen molar-refractivity contribution >= 4 is 21.8 Å². The van der Waals surface area contributed by atoms with Crippen LogP contribution in [0.4, 0.5) is 0 Å². The summed E-state index contributed by atoms with van der Waals surface area (Å²) in [4.78, 5) is 0. The van der Waals surface area contributed by atoms with Crippen LogP contribution >= 0.6 is 11.6 Å². The van der Waals surface area contributed by atoms with E-state index in [4.69, 9.17) is 16.3 Å². The molecule has 0 aromatic heterocycles. The molecule has 5 nitrogen and oxygen atoms in total. The van der Waals surface area contributed by atoms with Crippen LogP contribution in [-0.2, 0) is 14.9 Å². The number of alkyl halides is 1. The van der Waals surface area contributed by atoms with Crippen LogP contribution in [0, 0.1) is 5.92 Å². The van der Waals surface area contributed by atoms with Gasteiger partial charge >= 0.3 is 0 Å². The highest BCUT2D eigenvalue weighted by Gasteiger charge is 2.39. The van der Waals surface area contributed by atoms with E-state index in [0.29, 0.717) is 38.0 Å². The summed E-state index contributed by atoms with van der Waals surface area (Å²) in [7, 11) is -3.37. The number of morpholine rings is 1. The summed E-state index contributed by atoms with van der Waals surface area (Å²) < 4.78 is 34.5. The number of hydrogen-bond acceptors (Lipinski definition) is 3. The highest BCUT2D eigenvalue weighted by molar-refractivity contribution is 7.86. The zero-order valence-corrected chi connectivity index (χ0v) is 13.9. The van der Waals surface area contributed by atoms with Gasteiger partial charge in [-0.3, -0.25) is 0 Å². The van der Waals surface area contributed by atoms with Gasteiger partial charge in [-0.2, -0.15) is 17.0 Å². The van der Waals surface area contributed by atoms with Gasteiger partial charge in [0.25, 0.3) is 10.2 Å². The predicted molar refractivity (Wildman–Crippen MR) is 80.1 cm³/mol. The van der Waals surface area contributed by atoms with E-state index in [-0.39, 0.29) is 12.1 Å². The van der Waals surface area contributed by atoms with Gasteiger partial charge in [0.05, 0.1) is 12.7 Å². The zero-order chi connectivity index (χ0) is 14.8. The monoisotopic (exact) mass is 324 g/mol. The third kappa shape index (κ3) is 3.47. The summed E-state index contributed by atoms with van der Waals surface area (Å²) >= 11 is 5.86. The molecule has 0 aromatic carbocycles. The van der Waals surface area contributed by atoms with E-state index in [9.17, 15) is 8.42 Å². The van der Waals surface area contributed by atoms with Crippen molar-refractivity contribution in [2.75, 3.05) is 32.1 Å². The van der Waals surface area contributed by atoms with E-state index in [1.165, 1.54) is 0 Å². The molecule has 0 amide bonds. The van der Waals surface area contributed by atoms with Crippen molar-refractivity contribution < 1.29 is 13.2 Å². The van der Waals surface area contributed by atoms with E-state index in [2.05, 4.69) is 0 Å². The minimum absolute atomic E-state index is 0.0343. The molecule has 0 spiro atoms. The topological polar surface area (TPSA) is 49.9 Å². The molecule has 2 saturated heterocycles. The van der Waals surface area contributed by atoms with Gasteiger partial charge in [-0.05, 0) is 32.1 Å². The zero-order valence-electron chi connectivity index (χ0n) is 12.3. The molecule has 2 unspecified atom stereocenters. The van der Waals surface area contributed by atoms with Crippen LogP contribution in [0.25, 0.3) is 0 Å². The van der Waals surface area contributed by atoms with E-state index in [0.717, 1.165) is 19.3 Å². The summed E-state index contributed by atoms with van der Waals surface area (Å²) in [6.45, 7) is 6.05. The van der Waals surface area contributed by atoms with Crippen LogP contribution in [0.1, 0.15) is 33.1 Å². The highest BCUT2D eigenvalue weighted by Crippen LogP contribution is 2.26. The SMILES string of the molecule is CCC1COC(C)CN1S(=O)(=O)N1CCC(CCl)CC1. The normalized spacial score (nSPS) is 31.6. The van der Waals surface area contributed by atoms with E-state index < -0.39 is 10.2 Å². The second-order valence-electron chi connectivity index (χ2n) is 5.78. The Morgan fingerprint density at radius 3 is 2.50 bits per heavy atom. The molecular weight excluding hydrogens is 300 g/mol. The van der Waals surface area contributed by atoms with Gasteiger partial charge < -0.3 is 4.74 Å². The van der Waals surface area contributed by atoms with Crippen molar-refractivity contribution in [3.05, 3.63) is 0 Å². The van der Waals surface area contributed by atoms with Gasteiger partial charge in [0.1, 0.15) is 0 Å². The summed E-state index contributed by atoms with van der Waals surface area (Å²) in [6.07, 6.45) is 2.47. The maximum atomic E-state index is 12.8. The Labute approximate surface area is 127 Å². The van der Waals surface area contributed by atoms with Gasteiger partial charge in [0, 0.05) is 31.6 Å². The van der Waals surface area contributed by atoms with Gasteiger partial charge in [-0.25, -0.2) is 0 Å². The van der Waals surface area contributed by atoms with Crippen molar-refractivity contribution in [1.29, 1.82) is 0 Å². The van der Waals surface area contributed by atoms with E-state index in [1.54, 1.807) is 8.61 Å². The lowest BCUT2D eigenvalue weighted by Crippen LogP contribution is -2.56. The van der Waals surface area contributed by atoms with E-state index >= 15 is 0 Å². The predicted octanol–water partition coefficient (Wildman–Crippen LogP) is 1.68. The first-order valence-corrected chi connectivity index (χ1v) is 9.36. The minimum Gasteiger partial charge on any atom is -0.375 e. The molecule has 2 aliphatic heterocycles. The molecule has 2 atom stereocenters. The van der Waals surface area contributed by atoms with Gasteiger partial charge in [-0.1, -0.05) is 6.92 Å². The fourth-order valence-electron chi connectivity index (χ4n) is 2.86. The van der Waals surface area contributed by atoms with Crippen LogP contribution in [0.15, 0.2) is 0 Å². The average molecular weight is 325 g/mol. The van der Waals surface area contributed by atoms with Crippen LogP contribution in [0.2, 0.25) is 0 Å². The lowest BCUT2D eigenvalue weighted by atomic mass is 10.0. The molecule has 2 heterocycles. The third-order valence-corrected chi connectivity index (χ3v) is 6.80. The maximum absolute atomic E-state index is 12.8. The smallest absolute Gasteiger partial charge is 0.282 e. The Morgan fingerprint density at radius 2 is 1.95 bits per heavy atom. The van der Waals surface area contributed by atoms with Crippen LogP contribution in [-0.4, -0.2) is 61.3 Å². The second kappa shape index (κ2) is 6.92. The number of piperidine rings is 1. The first kappa shape index (κ1) is 16.5. The summed E-state index contributed by atoms with van der Waals surface area (Å²) in [6, 6.07) is -0.0399. The number of halogens is 1. The molecule has 0 N–H and O–H groups in total. The fourth-order valence-corrected chi connectivity index (χ4v) is 5.12. The van der Waals surface area contributed by atoms with Gasteiger partial charge in [0.2, 0.25) is 0 Å². The van der Waals surface area contributed by atoms with Crippen molar-refractivity contribution in [1.82, 2.24) is 8.61 Å². The van der Waals surface area contributed by atoms with Crippen molar-refractivity contribution in [3.8, 4) is 0 Å². The molecule has 2 rings (SSSR count). The molecule has 7 heteroatoms.